The largest absolute Gasteiger partial charge is 0.468 e. The van der Waals surface area contributed by atoms with Crippen molar-refractivity contribution < 1.29 is 13.9 Å². The molecule has 3 rings (SSSR count). The summed E-state index contributed by atoms with van der Waals surface area (Å²) in [5.74, 6) is 0.629. The highest BCUT2D eigenvalue weighted by molar-refractivity contribution is 5.08. The van der Waals surface area contributed by atoms with Gasteiger partial charge in [-0.05, 0) is 18.6 Å². The van der Waals surface area contributed by atoms with Crippen LogP contribution in [0.25, 0.3) is 0 Å². The number of ether oxygens (including phenoxy) is 2. The Balaban J connectivity index is 1.70. The van der Waals surface area contributed by atoms with Crippen LogP contribution in [0.4, 0.5) is 0 Å². The van der Waals surface area contributed by atoms with Gasteiger partial charge < -0.3 is 19.6 Å². The second kappa shape index (κ2) is 5.85. The van der Waals surface area contributed by atoms with Crippen molar-refractivity contribution in [3.63, 3.8) is 0 Å². The average Bonchev–Trinajstić information content (AvgIpc) is 3.14. The molecule has 5 heteroatoms. The Hall–Kier alpha value is -0.880. The molecule has 0 bridgehead atoms. The molecule has 0 amide bonds. The number of rotatable bonds is 4. The molecule has 20 heavy (non-hydrogen) atoms. The zero-order valence-corrected chi connectivity index (χ0v) is 12.1. The molecule has 0 saturated carbocycles. The Morgan fingerprint density at radius 2 is 2.00 bits per heavy atom. The number of hydrogen-bond donors (Lipinski definition) is 1. The Kier molecular flexibility index (Phi) is 4.12. The molecular formula is C15H24N2O3. The van der Waals surface area contributed by atoms with E-state index in [9.17, 15) is 0 Å². The van der Waals surface area contributed by atoms with Gasteiger partial charge in [-0.25, -0.2) is 0 Å². The van der Waals surface area contributed by atoms with Gasteiger partial charge in [-0.3, -0.25) is 4.90 Å². The minimum Gasteiger partial charge on any atom is -0.468 e. The van der Waals surface area contributed by atoms with Crippen LogP contribution in [0.15, 0.2) is 22.8 Å². The summed E-state index contributed by atoms with van der Waals surface area (Å²) in [5.41, 5.74) is 6.32. The normalized spacial score (nSPS) is 25.9. The zero-order chi connectivity index (χ0) is 14.0. The maximum Gasteiger partial charge on any atom is 0.170 e. The van der Waals surface area contributed by atoms with Crippen molar-refractivity contribution in [2.45, 2.75) is 44.1 Å². The molecule has 0 radical (unpaired) electrons. The third-order valence-electron chi connectivity index (χ3n) is 4.48. The number of piperidine rings is 1. The number of hydrogen-bond acceptors (Lipinski definition) is 5. The van der Waals surface area contributed by atoms with Gasteiger partial charge in [-0.2, -0.15) is 0 Å². The molecule has 2 unspecified atom stereocenters. The minimum absolute atomic E-state index is 0.0839. The van der Waals surface area contributed by atoms with Gasteiger partial charge in [0.15, 0.2) is 5.79 Å². The molecule has 2 aliphatic heterocycles. The first-order valence-corrected chi connectivity index (χ1v) is 7.55. The van der Waals surface area contributed by atoms with E-state index in [2.05, 4.69) is 11.8 Å². The van der Waals surface area contributed by atoms with E-state index in [1.165, 1.54) is 0 Å². The van der Waals surface area contributed by atoms with E-state index >= 15 is 0 Å². The lowest BCUT2D eigenvalue weighted by molar-refractivity contribution is -0.189. The summed E-state index contributed by atoms with van der Waals surface area (Å²) in [6.45, 7) is 5.42. The van der Waals surface area contributed by atoms with E-state index in [-0.39, 0.29) is 17.9 Å². The van der Waals surface area contributed by atoms with Crippen LogP contribution < -0.4 is 5.73 Å². The lowest BCUT2D eigenvalue weighted by atomic mass is 9.96. The van der Waals surface area contributed by atoms with Gasteiger partial charge in [0.25, 0.3) is 0 Å². The number of nitrogens with zero attached hydrogens (tertiary/aromatic N) is 1. The third-order valence-corrected chi connectivity index (χ3v) is 4.48. The van der Waals surface area contributed by atoms with Crippen molar-refractivity contribution in [2.24, 2.45) is 5.73 Å². The summed E-state index contributed by atoms with van der Waals surface area (Å²) in [6, 6.07) is 4.18. The summed E-state index contributed by atoms with van der Waals surface area (Å²) < 4.78 is 17.2. The number of furan rings is 1. The monoisotopic (exact) mass is 280 g/mol. The van der Waals surface area contributed by atoms with Gasteiger partial charge in [0.1, 0.15) is 5.76 Å². The van der Waals surface area contributed by atoms with E-state index < -0.39 is 0 Å². The van der Waals surface area contributed by atoms with Gasteiger partial charge in [0, 0.05) is 32.0 Å². The van der Waals surface area contributed by atoms with Crippen LogP contribution >= 0.6 is 0 Å². The van der Waals surface area contributed by atoms with Crippen molar-refractivity contribution in [3.8, 4) is 0 Å². The summed E-state index contributed by atoms with van der Waals surface area (Å²) in [6.07, 6.45) is 4.46. The smallest absolute Gasteiger partial charge is 0.170 e. The SMILES string of the molecule is CCC(N)C(c1ccco1)N1CCC2(CC1)OCCO2. The standard InChI is InChI=1S/C15H24N2O3/c1-2-12(16)14(13-4-3-9-18-13)17-7-5-15(6-8-17)19-10-11-20-15/h3-4,9,12,14H,2,5-8,10-11,16H2,1H3. The highest BCUT2D eigenvalue weighted by Crippen LogP contribution is 2.35. The lowest BCUT2D eigenvalue weighted by Crippen LogP contribution is -2.49. The summed E-state index contributed by atoms with van der Waals surface area (Å²) in [5, 5.41) is 0. The summed E-state index contributed by atoms with van der Waals surface area (Å²) in [4.78, 5) is 2.41. The lowest BCUT2D eigenvalue weighted by Gasteiger charge is -2.42. The molecule has 1 aromatic heterocycles. The Bertz CT molecular complexity index is 405. The van der Waals surface area contributed by atoms with Crippen molar-refractivity contribution in [2.75, 3.05) is 26.3 Å². The van der Waals surface area contributed by atoms with Crippen LogP contribution in [0, 0.1) is 0 Å². The maximum atomic E-state index is 6.32. The van der Waals surface area contributed by atoms with Crippen LogP contribution in [0.5, 0.6) is 0 Å². The van der Waals surface area contributed by atoms with E-state index in [1.807, 2.05) is 12.1 Å². The van der Waals surface area contributed by atoms with Crippen LogP contribution in [-0.2, 0) is 9.47 Å². The fourth-order valence-electron chi connectivity index (χ4n) is 3.27. The van der Waals surface area contributed by atoms with Gasteiger partial charge in [-0.15, -0.1) is 0 Å². The predicted molar refractivity (Wildman–Crippen MR) is 75.2 cm³/mol. The number of nitrogens with two attached hydrogens (primary N) is 1. The number of likely N-dealkylation sites (tertiary alicyclic amines) is 1. The molecule has 2 aliphatic rings. The quantitative estimate of drug-likeness (QED) is 0.912. The second-order valence-corrected chi connectivity index (χ2v) is 5.68. The van der Waals surface area contributed by atoms with Crippen molar-refractivity contribution in [1.82, 2.24) is 4.90 Å². The van der Waals surface area contributed by atoms with Gasteiger partial charge in [0.2, 0.25) is 0 Å². The molecule has 1 aromatic rings. The van der Waals surface area contributed by atoms with Crippen LogP contribution in [-0.4, -0.2) is 43.0 Å². The first-order chi connectivity index (χ1) is 9.74. The summed E-state index contributed by atoms with van der Waals surface area (Å²) in [7, 11) is 0. The minimum atomic E-state index is -0.333. The fraction of sp³-hybridized carbons (Fsp3) is 0.733. The van der Waals surface area contributed by atoms with Gasteiger partial charge >= 0.3 is 0 Å². The molecule has 2 N–H and O–H groups in total. The molecule has 0 aromatic carbocycles. The molecule has 2 atom stereocenters. The molecule has 2 saturated heterocycles. The van der Waals surface area contributed by atoms with E-state index in [0.29, 0.717) is 0 Å². The van der Waals surface area contributed by atoms with Crippen molar-refractivity contribution >= 4 is 0 Å². The Labute approximate surface area is 120 Å². The zero-order valence-electron chi connectivity index (χ0n) is 12.1. The molecule has 0 aliphatic carbocycles. The highest BCUT2D eigenvalue weighted by Gasteiger charge is 2.42. The Morgan fingerprint density at radius 1 is 1.30 bits per heavy atom. The summed E-state index contributed by atoms with van der Waals surface area (Å²) >= 11 is 0. The second-order valence-electron chi connectivity index (χ2n) is 5.68. The van der Waals surface area contributed by atoms with E-state index in [1.54, 1.807) is 6.26 Å². The molecule has 1 spiro atoms. The fourth-order valence-corrected chi connectivity index (χ4v) is 3.27. The van der Waals surface area contributed by atoms with Gasteiger partial charge in [0.05, 0.1) is 25.5 Å². The van der Waals surface area contributed by atoms with Crippen molar-refractivity contribution in [1.29, 1.82) is 0 Å². The molecule has 112 valence electrons. The molecule has 5 nitrogen and oxygen atoms in total. The highest BCUT2D eigenvalue weighted by atomic mass is 16.7. The van der Waals surface area contributed by atoms with E-state index in [4.69, 9.17) is 19.6 Å². The predicted octanol–water partition coefficient (Wildman–Crippen LogP) is 1.90. The topological polar surface area (TPSA) is 60.9 Å². The third kappa shape index (κ3) is 2.63. The first-order valence-electron chi connectivity index (χ1n) is 7.55. The molecular weight excluding hydrogens is 256 g/mol. The maximum absolute atomic E-state index is 6.32. The molecule has 3 heterocycles. The van der Waals surface area contributed by atoms with Gasteiger partial charge in [-0.1, -0.05) is 6.92 Å². The van der Waals surface area contributed by atoms with Crippen LogP contribution in [0.3, 0.4) is 0 Å². The van der Waals surface area contributed by atoms with Crippen molar-refractivity contribution in [3.05, 3.63) is 24.2 Å². The molecule has 2 fully saturated rings. The first kappa shape index (κ1) is 14.1. The Morgan fingerprint density at radius 3 is 2.55 bits per heavy atom. The van der Waals surface area contributed by atoms with Crippen LogP contribution in [0.2, 0.25) is 0 Å². The average molecular weight is 280 g/mol. The van der Waals surface area contributed by atoms with E-state index in [0.717, 1.165) is 51.3 Å². The van der Waals surface area contributed by atoms with Crippen LogP contribution in [0.1, 0.15) is 38.0 Å².